The van der Waals surface area contributed by atoms with Gasteiger partial charge in [0.2, 0.25) is 5.95 Å². The Morgan fingerprint density at radius 3 is 2.88 bits per heavy atom. The van der Waals surface area contributed by atoms with Crippen molar-refractivity contribution in [2.45, 2.75) is 51.7 Å². The molecule has 2 unspecified atom stereocenters. The number of rotatable bonds is 1. The average molecular weight is 563 g/mol. The van der Waals surface area contributed by atoms with Crippen LogP contribution in [0.3, 0.4) is 0 Å². The topological polar surface area (TPSA) is 93.8 Å². The van der Waals surface area contributed by atoms with Crippen LogP contribution in [0, 0.1) is 9.49 Å². The first-order chi connectivity index (χ1) is 15.7. The summed E-state index contributed by atoms with van der Waals surface area (Å²) in [5, 5.41) is 0. The molecule has 3 aliphatic heterocycles. The molecule has 0 spiro atoms. The zero-order valence-corrected chi connectivity index (χ0v) is 21.5. The van der Waals surface area contributed by atoms with Crippen molar-refractivity contribution in [3.05, 3.63) is 27.3 Å². The molecular weight excluding hydrogens is 533 g/mol. The van der Waals surface area contributed by atoms with E-state index in [4.69, 9.17) is 15.2 Å². The number of hydrogen-bond donors (Lipinski definition) is 1. The third kappa shape index (κ3) is 4.43. The van der Waals surface area contributed by atoms with Crippen LogP contribution >= 0.6 is 22.6 Å². The van der Waals surface area contributed by atoms with Crippen molar-refractivity contribution < 1.29 is 14.3 Å². The average Bonchev–Trinajstić information content (AvgIpc) is 3.09. The maximum Gasteiger partial charge on any atom is 0.410 e. The molecule has 2 saturated heterocycles. The van der Waals surface area contributed by atoms with Gasteiger partial charge in [0.1, 0.15) is 17.2 Å². The number of hydrogen-bond acceptors (Lipinski definition) is 7. The van der Waals surface area contributed by atoms with Crippen LogP contribution in [0.5, 0.6) is 5.75 Å². The summed E-state index contributed by atoms with van der Waals surface area (Å²) in [5.41, 5.74) is 8.55. The third-order valence-corrected chi connectivity index (χ3v) is 7.19. The van der Waals surface area contributed by atoms with Crippen LogP contribution in [0.4, 0.5) is 16.6 Å². The molecule has 0 radical (unpaired) electrons. The number of likely N-dealkylation sites (tertiary alicyclic amines) is 1. The molecule has 0 bridgehead atoms. The molecule has 3 aliphatic rings. The summed E-state index contributed by atoms with van der Waals surface area (Å²) >= 11 is 2.29. The number of amides is 1. The summed E-state index contributed by atoms with van der Waals surface area (Å²) in [5.74, 6) is 2.34. The molecular formula is C24H30IN5O3. The Labute approximate surface area is 208 Å². The monoisotopic (exact) mass is 563 g/mol. The maximum atomic E-state index is 12.9. The predicted molar refractivity (Wildman–Crippen MR) is 135 cm³/mol. The van der Waals surface area contributed by atoms with Gasteiger partial charge in [0.15, 0.2) is 0 Å². The minimum absolute atomic E-state index is 0.108. The van der Waals surface area contributed by atoms with Crippen LogP contribution in [0.2, 0.25) is 0 Å². The van der Waals surface area contributed by atoms with Crippen molar-refractivity contribution >= 4 is 40.5 Å². The van der Waals surface area contributed by atoms with Crippen molar-refractivity contribution in [3.8, 4) is 17.0 Å². The number of benzene rings is 1. The first-order valence-electron chi connectivity index (χ1n) is 11.5. The van der Waals surface area contributed by atoms with Gasteiger partial charge in [0.05, 0.1) is 18.3 Å². The Morgan fingerprint density at radius 1 is 1.27 bits per heavy atom. The number of ether oxygens (including phenoxy) is 2. The third-order valence-electron chi connectivity index (χ3n) is 6.52. The lowest BCUT2D eigenvalue weighted by Crippen LogP contribution is -2.50. The number of carbonyl (C=O) groups is 1. The molecule has 0 saturated carbocycles. The fraction of sp³-hybridized carbons (Fsp3) is 0.542. The lowest BCUT2D eigenvalue weighted by Gasteiger charge is -2.37. The van der Waals surface area contributed by atoms with E-state index >= 15 is 0 Å². The molecule has 4 heterocycles. The summed E-state index contributed by atoms with van der Waals surface area (Å²) < 4.78 is 12.9. The number of halogens is 1. The fourth-order valence-corrected chi connectivity index (χ4v) is 5.64. The summed E-state index contributed by atoms with van der Waals surface area (Å²) in [6, 6.07) is 6.24. The molecule has 2 N–H and O–H groups in total. The van der Waals surface area contributed by atoms with Gasteiger partial charge in [-0.05, 0) is 80.3 Å². The first-order valence-corrected chi connectivity index (χ1v) is 12.6. The molecule has 1 amide bonds. The van der Waals surface area contributed by atoms with Crippen LogP contribution in [-0.2, 0) is 11.2 Å². The van der Waals surface area contributed by atoms with Crippen molar-refractivity contribution in [2.24, 2.45) is 5.92 Å². The standard InChI is InChI=1S/C24H30IN5O3/c1-24(2,3)33-23(31)30-9-4-5-14-12-29(13-18(14)30)21-17-8-10-32-19-11-15(25)6-7-16(19)20(17)27-22(26)28-21/h6-7,11,14,18H,4-5,8-10,12-13H2,1-3H3,(H2,26,27,28). The SMILES string of the molecule is CC(C)(C)OC(=O)N1CCCC2CN(c3nc(N)nc4c3CCOc3cc(I)ccc3-4)CC21. The Balaban J connectivity index is 1.48. The number of nitrogen functional groups attached to an aromatic ring is 1. The van der Waals surface area contributed by atoms with E-state index in [1.807, 2.05) is 37.8 Å². The molecule has 1 aromatic carbocycles. The molecule has 1 aromatic heterocycles. The molecule has 8 nitrogen and oxygen atoms in total. The van der Waals surface area contributed by atoms with Gasteiger partial charge in [-0.15, -0.1) is 0 Å². The van der Waals surface area contributed by atoms with Gasteiger partial charge < -0.3 is 25.0 Å². The molecule has 2 atom stereocenters. The second-order valence-electron chi connectivity index (χ2n) is 10.0. The van der Waals surface area contributed by atoms with E-state index in [0.29, 0.717) is 25.5 Å². The van der Waals surface area contributed by atoms with Crippen molar-refractivity contribution in [1.29, 1.82) is 0 Å². The molecule has 33 heavy (non-hydrogen) atoms. The zero-order valence-electron chi connectivity index (χ0n) is 19.3. The summed E-state index contributed by atoms with van der Waals surface area (Å²) in [7, 11) is 0. The minimum atomic E-state index is -0.508. The fourth-order valence-electron chi connectivity index (χ4n) is 5.18. The quantitative estimate of drug-likeness (QED) is 0.523. The second kappa shape index (κ2) is 8.48. The number of aromatic nitrogens is 2. The Hall–Kier alpha value is -2.30. The molecule has 176 valence electrons. The Morgan fingerprint density at radius 2 is 2.09 bits per heavy atom. The maximum absolute atomic E-state index is 12.9. The zero-order chi connectivity index (χ0) is 23.3. The summed E-state index contributed by atoms with van der Waals surface area (Å²) in [6.45, 7) is 8.58. The van der Waals surface area contributed by atoms with Gasteiger partial charge in [0.25, 0.3) is 0 Å². The van der Waals surface area contributed by atoms with Gasteiger partial charge >= 0.3 is 6.09 Å². The van der Waals surface area contributed by atoms with Crippen LogP contribution in [0.1, 0.15) is 39.2 Å². The van der Waals surface area contributed by atoms with Crippen molar-refractivity contribution in [2.75, 3.05) is 36.9 Å². The van der Waals surface area contributed by atoms with E-state index < -0.39 is 5.60 Å². The largest absolute Gasteiger partial charge is 0.492 e. The van der Waals surface area contributed by atoms with Gasteiger partial charge in [0, 0.05) is 40.8 Å². The number of fused-ring (bicyclic) bond motifs is 4. The summed E-state index contributed by atoms with van der Waals surface area (Å²) in [4.78, 5) is 26.4. The molecule has 0 aliphatic carbocycles. The molecule has 9 heteroatoms. The smallest absolute Gasteiger partial charge is 0.410 e. The van der Waals surface area contributed by atoms with Crippen LogP contribution in [0.25, 0.3) is 11.3 Å². The van der Waals surface area contributed by atoms with E-state index in [9.17, 15) is 4.79 Å². The van der Waals surface area contributed by atoms with Gasteiger partial charge in [-0.1, -0.05) is 0 Å². The van der Waals surface area contributed by atoms with E-state index in [1.54, 1.807) is 0 Å². The number of nitrogens with two attached hydrogens (primary N) is 1. The van der Waals surface area contributed by atoms with Gasteiger partial charge in [-0.25, -0.2) is 9.78 Å². The molecule has 5 rings (SSSR count). The highest BCUT2D eigenvalue weighted by molar-refractivity contribution is 14.1. The van der Waals surface area contributed by atoms with E-state index in [-0.39, 0.29) is 18.1 Å². The summed E-state index contributed by atoms with van der Waals surface area (Å²) in [6.07, 6.45) is 2.56. The van der Waals surface area contributed by atoms with Crippen molar-refractivity contribution in [1.82, 2.24) is 14.9 Å². The normalized spacial score (nSPS) is 22.1. The van der Waals surface area contributed by atoms with Crippen LogP contribution in [0.15, 0.2) is 18.2 Å². The number of piperidine rings is 1. The lowest BCUT2D eigenvalue weighted by molar-refractivity contribution is 0.00669. The van der Waals surface area contributed by atoms with Crippen LogP contribution in [-0.4, -0.2) is 58.8 Å². The van der Waals surface area contributed by atoms with E-state index in [1.165, 1.54) is 0 Å². The minimum Gasteiger partial charge on any atom is -0.492 e. The second-order valence-corrected chi connectivity index (χ2v) is 11.3. The van der Waals surface area contributed by atoms with E-state index in [2.05, 4.69) is 43.5 Å². The number of anilines is 2. The Bertz CT molecular complexity index is 1090. The van der Waals surface area contributed by atoms with Crippen LogP contribution < -0.4 is 15.4 Å². The lowest BCUT2D eigenvalue weighted by atomic mass is 9.92. The van der Waals surface area contributed by atoms with Crippen molar-refractivity contribution in [3.63, 3.8) is 0 Å². The van der Waals surface area contributed by atoms with Gasteiger partial charge in [-0.2, -0.15) is 4.98 Å². The number of nitrogens with zero attached hydrogens (tertiary/aromatic N) is 4. The number of carbonyl (C=O) groups excluding carboxylic acids is 1. The first kappa shape index (κ1) is 22.5. The highest BCUT2D eigenvalue weighted by Gasteiger charge is 2.43. The highest BCUT2D eigenvalue weighted by atomic mass is 127. The molecule has 2 aromatic rings. The highest BCUT2D eigenvalue weighted by Crippen LogP contribution is 2.41. The van der Waals surface area contributed by atoms with Gasteiger partial charge in [-0.3, -0.25) is 0 Å². The Kier molecular flexibility index (Phi) is 5.78. The molecule has 2 fully saturated rings. The van der Waals surface area contributed by atoms with E-state index in [0.717, 1.165) is 57.9 Å². The predicted octanol–water partition coefficient (Wildman–Crippen LogP) is 4.10.